The number of aliphatic imine (C=N–C) groups is 1. The second-order valence-corrected chi connectivity index (χ2v) is 7.41. The summed E-state index contributed by atoms with van der Waals surface area (Å²) in [7, 11) is 0. The van der Waals surface area contributed by atoms with Gasteiger partial charge in [0.15, 0.2) is 5.17 Å². The first kappa shape index (κ1) is 13.8. The lowest BCUT2D eigenvalue weighted by Gasteiger charge is -2.32. The average molecular weight is 360 g/mol. The third kappa shape index (κ3) is 3.29. The Morgan fingerprint density at radius 1 is 1.32 bits per heavy atom. The van der Waals surface area contributed by atoms with Gasteiger partial charge in [0.1, 0.15) is 0 Å². The van der Waals surface area contributed by atoms with Gasteiger partial charge in [0.2, 0.25) is 0 Å². The Bertz CT molecular complexity index is 506. The molecule has 1 aromatic rings. The van der Waals surface area contributed by atoms with E-state index in [4.69, 9.17) is 16.6 Å². The van der Waals surface area contributed by atoms with Crippen molar-refractivity contribution in [2.24, 2.45) is 10.9 Å². The van der Waals surface area contributed by atoms with Gasteiger partial charge < -0.3 is 5.32 Å². The fraction of sp³-hybridized carbons (Fsp3) is 0.500. The topological polar surface area (TPSA) is 24.4 Å². The lowest BCUT2D eigenvalue weighted by Crippen LogP contribution is -2.31. The molecule has 1 saturated carbocycles. The second-order valence-electron chi connectivity index (χ2n) is 5.11. The zero-order valence-electron chi connectivity index (χ0n) is 10.5. The molecule has 1 aliphatic carbocycles. The predicted octanol–water partition coefficient (Wildman–Crippen LogP) is 5.18. The minimum absolute atomic E-state index is 0.531. The molecule has 2 unspecified atom stereocenters. The van der Waals surface area contributed by atoms with Crippen molar-refractivity contribution in [3.05, 3.63) is 27.7 Å². The Morgan fingerprint density at radius 2 is 2.16 bits per heavy atom. The zero-order chi connectivity index (χ0) is 13.2. The molecule has 1 N–H and O–H groups in total. The normalized spacial score (nSPS) is 26.5. The molecule has 2 nitrogen and oxygen atoms in total. The van der Waals surface area contributed by atoms with Gasteiger partial charge >= 0.3 is 0 Å². The lowest BCUT2D eigenvalue weighted by molar-refractivity contribution is 0.336. The maximum atomic E-state index is 5.96. The van der Waals surface area contributed by atoms with E-state index in [2.05, 4.69) is 21.2 Å². The first-order chi connectivity index (χ1) is 9.22. The maximum absolute atomic E-state index is 5.96. The molecule has 1 fully saturated rings. The summed E-state index contributed by atoms with van der Waals surface area (Å²) < 4.78 is 0.981. The van der Waals surface area contributed by atoms with Gasteiger partial charge in [-0.25, -0.2) is 0 Å². The lowest BCUT2D eigenvalue weighted by atomic mass is 9.86. The number of benzene rings is 1. The Morgan fingerprint density at radius 3 is 3.00 bits per heavy atom. The van der Waals surface area contributed by atoms with Gasteiger partial charge in [-0.05, 0) is 52.9 Å². The van der Waals surface area contributed by atoms with E-state index < -0.39 is 0 Å². The van der Waals surface area contributed by atoms with Gasteiger partial charge in [-0.1, -0.05) is 36.2 Å². The molecule has 102 valence electrons. The smallest absolute Gasteiger partial charge is 0.161 e. The molecule has 1 aliphatic heterocycles. The van der Waals surface area contributed by atoms with Crippen LogP contribution in [0.4, 0.5) is 5.69 Å². The van der Waals surface area contributed by atoms with Crippen LogP contribution in [0.5, 0.6) is 0 Å². The quantitative estimate of drug-likeness (QED) is 0.747. The Balaban J connectivity index is 1.74. The highest BCUT2D eigenvalue weighted by molar-refractivity contribution is 9.10. The molecule has 1 aromatic carbocycles. The van der Waals surface area contributed by atoms with E-state index in [1.54, 1.807) is 0 Å². The van der Waals surface area contributed by atoms with Crippen LogP contribution in [0.15, 0.2) is 27.7 Å². The molecule has 2 atom stereocenters. The van der Waals surface area contributed by atoms with Gasteiger partial charge in [-0.3, -0.25) is 4.99 Å². The van der Waals surface area contributed by atoms with Gasteiger partial charge in [0, 0.05) is 15.2 Å². The van der Waals surface area contributed by atoms with Crippen LogP contribution >= 0.6 is 39.3 Å². The van der Waals surface area contributed by atoms with Crippen molar-refractivity contribution < 1.29 is 0 Å². The fourth-order valence-corrected chi connectivity index (χ4v) is 4.64. The third-order valence-corrected chi connectivity index (χ3v) is 5.73. The molecule has 19 heavy (non-hydrogen) atoms. The third-order valence-electron chi connectivity index (χ3n) is 3.76. The number of halogens is 2. The number of thioether (sulfide) groups is 1. The number of anilines is 1. The molecular weight excluding hydrogens is 344 g/mol. The van der Waals surface area contributed by atoms with Crippen molar-refractivity contribution >= 4 is 50.1 Å². The maximum Gasteiger partial charge on any atom is 0.161 e. The van der Waals surface area contributed by atoms with Crippen LogP contribution in [0.25, 0.3) is 0 Å². The van der Waals surface area contributed by atoms with Crippen molar-refractivity contribution in [3.63, 3.8) is 0 Å². The number of nitrogens with zero attached hydrogens (tertiary/aromatic N) is 1. The van der Waals surface area contributed by atoms with Gasteiger partial charge in [0.25, 0.3) is 0 Å². The van der Waals surface area contributed by atoms with E-state index in [-0.39, 0.29) is 0 Å². The van der Waals surface area contributed by atoms with Crippen LogP contribution in [-0.4, -0.2) is 17.0 Å². The zero-order valence-corrected chi connectivity index (χ0v) is 13.7. The van der Waals surface area contributed by atoms with Crippen LogP contribution in [0.1, 0.15) is 25.7 Å². The summed E-state index contributed by atoms with van der Waals surface area (Å²) in [5, 5.41) is 5.20. The summed E-state index contributed by atoms with van der Waals surface area (Å²) >= 11 is 11.3. The van der Waals surface area contributed by atoms with E-state index in [0.29, 0.717) is 6.04 Å². The van der Waals surface area contributed by atoms with Crippen molar-refractivity contribution in [1.29, 1.82) is 0 Å². The van der Waals surface area contributed by atoms with Crippen LogP contribution < -0.4 is 5.32 Å². The number of nitrogens with one attached hydrogen (secondary N) is 1. The number of hydrogen-bond donors (Lipinski definition) is 1. The highest BCUT2D eigenvalue weighted by atomic mass is 79.9. The van der Waals surface area contributed by atoms with Crippen molar-refractivity contribution in [1.82, 2.24) is 0 Å². The van der Waals surface area contributed by atoms with Gasteiger partial charge in [-0.15, -0.1) is 0 Å². The number of hydrogen-bond acceptors (Lipinski definition) is 3. The molecule has 0 aromatic heterocycles. The van der Waals surface area contributed by atoms with Gasteiger partial charge in [0.05, 0.1) is 11.7 Å². The van der Waals surface area contributed by atoms with Gasteiger partial charge in [-0.2, -0.15) is 0 Å². The largest absolute Gasteiger partial charge is 0.334 e. The second kappa shape index (κ2) is 6.06. The predicted molar refractivity (Wildman–Crippen MR) is 88.4 cm³/mol. The Labute approximate surface area is 131 Å². The summed E-state index contributed by atoms with van der Waals surface area (Å²) in [6.45, 7) is 0. The molecule has 1 heterocycles. The number of rotatable bonds is 1. The molecule has 0 bridgehead atoms. The monoisotopic (exact) mass is 358 g/mol. The first-order valence-electron chi connectivity index (χ1n) is 6.65. The molecule has 0 spiro atoms. The number of amidine groups is 1. The van der Waals surface area contributed by atoms with E-state index >= 15 is 0 Å². The van der Waals surface area contributed by atoms with E-state index in [9.17, 15) is 0 Å². The van der Waals surface area contributed by atoms with Crippen LogP contribution in [0.2, 0.25) is 5.02 Å². The molecule has 5 heteroatoms. The number of fused-ring (bicyclic) bond motifs is 1. The van der Waals surface area contributed by atoms with Crippen molar-refractivity contribution in [2.45, 2.75) is 31.7 Å². The first-order valence-corrected chi connectivity index (χ1v) is 8.81. The minimum Gasteiger partial charge on any atom is -0.334 e. The summed E-state index contributed by atoms with van der Waals surface area (Å²) in [5.74, 6) is 1.99. The Kier molecular flexibility index (Phi) is 4.40. The molecule has 0 radical (unpaired) electrons. The van der Waals surface area contributed by atoms with E-state index in [1.165, 1.54) is 31.4 Å². The fourth-order valence-electron chi connectivity index (χ4n) is 2.70. The Hall–Kier alpha value is -0.190. The van der Waals surface area contributed by atoms with Crippen molar-refractivity contribution in [2.75, 3.05) is 11.1 Å². The molecule has 0 saturated heterocycles. The molecular formula is C14H16BrClN2S. The van der Waals surface area contributed by atoms with E-state index in [1.807, 2.05) is 30.0 Å². The molecule has 3 rings (SSSR count). The van der Waals surface area contributed by atoms with Crippen molar-refractivity contribution in [3.8, 4) is 0 Å². The highest BCUT2D eigenvalue weighted by Crippen LogP contribution is 2.35. The minimum atomic E-state index is 0.531. The average Bonchev–Trinajstić information content (AvgIpc) is 2.42. The van der Waals surface area contributed by atoms with Crippen LogP contribution in [0.3, 0.4) is 0 Å². The SMILES string of the molecule is Clc1ccc(NC2=NC3CCCCC3CS2)c(Br)c1. The van der Waals surface area contributed by atoms with Crippen LogP contribution in [0, 0.1) is 5.92 Å². The summed E-state index contributed by atoms with van der Waals surface area (Å²) in [4.78, 5) is 4.88. The molecule has 0 amide bonds. The summed E-state index contributed by atoms with van der Waals surface area (Å²) in [6.07, 6.45) is 5.30. The van der Waals surface area contributed by atoms with E-state index in [0.717, 1.165) is 26.3 Å². The van der Waals surface area contributed by atoms with Crippen LogP contribution in [-0.2, 0) is 0 Å². The standard InChI is InChI=1S/C14H16BrClN2S/c15-11-7-10(16)5-6-13(11)18-14-17-12-4-2-1-3-9(12)8-19-14/h5-7,9,12H,1-4,8H2,(H,17,18). The summed E-state index contributed by atoms with van der Waals surface area (Å²) in [6, 6.07) is 6.32. The highest BCUT2D eigenvalue weighted by Gasteiger charge is 2.29. The molecule has 2 aliphatic rings. The summed E-state index contributed by atoms with van der Waals surface area (Å²) in [5.41, 5.74) is 1.03.